The Morgan fingerprint density at radius 1 is 1.24 bits per heavy atom. The fraction of sp³-hybridized carbons (Fsp3) is 0.542. The van der Waals surface area contributed by atoms with Gasteiger partial charge in [0.1, 0.15) is 5.75 Å². The largest absolute Gasteiger partial charge is 0.507 e. The first kappa shape index (κ1) is 23.7. The number of aliphatic hydroxyl groups excluding tert-OH is 1. The van der Waals surface area contributed by atoms with Crippen molar-refractivity contribution >= 4 is 17.9 Å². The summed E-state index contributed by atoms with van der Waals surface area (Å²) in [5.41, 5.74) is 4.24. The van der Waals surface area contributed by atoms with E-state index in [0.29, 0.717) is 35.3 Å². The van der Waals surface area contributed by atoms with Crippen molar-refractivity contribution in [1.29, 1.82) is 0 Å². The average molecular weight is 421 g/mol. The van der Waals surface area contributed by atoms with Crippen LogP contribution in [0.15, 0.2) is 23.3 Å². The summed E-state index contributed by atoms with van der Waals surface area (Å²) in [6.45, 7) is 11.6. The second kappa shape index (κ2) is 9.46. The Morgan fingerprint density at radius 2 is 1.90 bits per heavy atom. The van der Waals surface area contributed by atoms with Crippen LogP contribution in [0.3, 0.4) is 0 Å². The summed E-state index contributed by atoms with van der Waals surface area (Å²) in [5.74, 6) is 0.0266. The maximum absolute atomic E-state index is 11.3. The minimum absolute atomic E-state index is 0.0266. The molecule has 29 heavy (non-hydrogen) atoms. The van der Waals surface area contributed by atoms with Gasteiger partial charge in [-0.1, -0.05) is 29.3 Å². The number of phenolic OH excluding ortho intramolecular Hbond substituents is 1. The summed E-state index contributed by atoms with van der Waals surface area (Å²) >= 11 is 6.34. The van der Waals surface area contributed by atoms with Crippen LogP contribution in [0.25, 0.3) is 0 Å². The van der Waals surface area contributed by atoms with Crippen LogP contribution in [0.4, 0.5) is 0 Å². The van der Waals surface area contributed by atoms with Gasteiger partial charge in [-0.2, -0.15) is 0 Å². The van der Waals surface area contributed by atoms with Crippen molar-refractivity contribution in [2.24, 2.45) is 0 Å². The molecular weight excluding hydrogens is 388 g/mol. The summed E-state index contributed by atoms with van der Waals surface area (Å²) in [6, 6.07) is 0. The van der Waals surface area contributed by atoms with Gasteiger partial charge in [-0.05, 0) is 77.5 Å². The number of aliphatic hydroxyl groups is 1. The second-order valence-corrected chi connectivity index (χ2v) is 9.00. The third kappa shape index (κ3) is 5.30. The zero-order valence-electron chi connectivity index (χ0n) is 18.3. The van der Waals surface area contributed by atoms with Gasteiger partial charge in [0.05, 0.1) is 23.4 Å². The molecule has 4 nitrogen and oxygen atoms in total. The monoisotopic (exact) mass is 420 g/mol. The molecule has 160 valence electrons. The molecule has 0 aromatic heterocycles. The summed E-state index contributed by atoms with van der Waals surface area (Å²) in [6.07, 6.45) is 7.37. The number of hydrogen-bond donors (Lipinski definition) is 2. The molecule has 2 unspecified atom stereocenters. The molecular formula is C24H33ClO4. The highest BCUT2D eigenvalue weighted by atomic mass is 35.5. The van der Waals surface area contributed by atoms with Crippen molar-refractivity contribution in [3.05, 3.63) is 50.6 Å². The van der Waals surface area contributed by atoms with Gasteiger partial charge in [0.2, 0.25) is 0 Å². The number of carbonyl (C=O) groups is 1. The van der Waals surface area contributed by atoms with E-state index in [1.165, 1.54) is 5.57 Å². The van der Waals surface area contributed by atoms with Crippen LogP contribution in [0.2, 0.25) is 5.02 Å². The molecule has 0 aliphatic carbocycles. The van der Waals surface area contributed by atoms with E-state index in [-0.39, 0.29) is 17.4 Å². The van der Waals surface area contributed by atoms with Gasteiger partial charge < -0.3 is 14.9 Å². The first-order chi connectivity index (χ1) is 13.5. The molecule has 2 N–H and O–H groups in total. The fourth-order valence-electron chi connectivity index (χ4n) is 3.74. The molecule has 5 heteroatoms. The van der Waals surface area contributed by atoms with E-state index < -0.39 is 11.7 Å². The number of ether oxygens (including phenoxy) is 1. The molecule has 1 aliphatic rings. The zero-order chi connectivity index (χ0) is 21.9. The Labute approximate surface area is 179 Å². The Bertz CT molecular complexity index is 836. The van der Waals surface area contributed by atoms with Crippen LogP contribution >= 0.6 is 11.6 Å². The lowest BCUT2D eigenvalue weighted by molar-refractivity contribution is -0.0472. The van der Waals surface area contributed by atoms with Crippen molar-refractivity contribution in [2.75, 3.05) is 0 Å². The smallest absolute Gasteiger partial charge is 0.154 e. The van der Waals surface area contributed by atoms with Crippen LogP contribution in [0.5, 0.6) is 5.75 Å². The van der Waals surface area contributed by atoms with Gasteiger partial charge in [0.25, 0.3) is 0 Å². The molecule has 0 bridgehead atoms. The molecule has 0 saturated carbocycles. The van der Waals surface area contributed by atoms with E-state index >= 15 is 0 Å². The van der Waals surface area contributed by atoms with Crippen LogP contribution in [0.1, 0.15) is 74.0 Å². The lowest BCUT2D eigenvalue weighted by Crippen LogP contribution is -2.31. The van der Waals surface area contributed by atoms with E-state index in [1.807, 2.05) is 20.8 Å². The highest BCUT2D eigenvalue weighted by Crippen LogP contribution is 2.36. The predicted octanol–water partition coefficient (Wildman–Crippen LogP) is 5.62. The Morgan fingerprint density at radius 3 is 2.45 bits per heavy atom. The van der Waals surface area contributed by atoms with Crippen LogP contribution < -0.4 is 0 Å². The highest BCUT2D eigenvalue weighted by molar-refractivity contribution is 6.32. The number of allylic oxidation sites excluding steroid dienone is 3. The first-order valence-electron chi connectivity index (χ1n) is 10.1. The topological polar surface area (TPSA) is 66.8 Å². The Hall–Kier alpha value is -1.62. The van der Waals surface area contributed by atoms with Crippen molar-refractivity contribution in [1.82, 2.24) is 0 Å². The molecule has 2 rings (SSSR count). The summed E-state index contributed by atoms with van der Waals surface area (Å²) in [7, 11) is 0. The lowest BCUT2D eigenvalue weighted by atomic mass is 9.95. The number of halogens is 1. The van der Waals surface area contributed by atoms with Crippen molar-refractivity contribution < 1.29 is 19.7 Å². The predicted molar refractivity (Wildman–Crippen MR) is 118 cm³/mol. The van der Waals surface area contributed by atoms with Crippen LogP contribution in [-0.4, -0.2) is 34.3 Å². The first-order valence-corrected chi connectivity index (χ1v) is 10.5. The van der Waals surface area contributed by atoms with Crippen LogP contribution in [-0.2, 0) is 11.2 Å². The molecule has 0 spiro atoms. The SMILES string of the molecule is C/C(=C\Cc1c(C)c(Cl)c(C)c(C=O)c1O)CC/C=C(\C)C1CC(O)C(C)(C)O1. The third-order valence-corrected chi connectivity index (χ3v) is 6.59. The van der Waals surface area contributed by atoms with Crippen LogP contribution in [0, 0.1) is 13.8 Å². The third-order valence-electron chi connectivity index (χ3n) is 6.03. The average Bonchev–Trinajstić information content (AvgIpc) is 2.93. The molecule has 1 aromatic rings. The van der Waals surface area contributed by atoms with Gasteiger partial charge in [0, 0.05) is 17.0 Å². The second-order valence-electron chi connectivity index (χ2n) is 8.63. The van der Waals surface area contributed by atoms with Gasteiger partial charge in [-0.15, -0.1) is 0 Å². The molecule has 1 aromatic carbocycles. The fourth-order valence-corrected chi connectivity index (χ4v) is 3.96. The van der Waals surface area contributed by atoms with Crippen molar-refractivity contribution in [3.63, 3.8) is 0 Å². The molecule has 1 heterocycles. The molecule has 1 aliphatic heterocycles. The van der Waals surface area contributed by atoms with E-state index in [1.54, 1.807) is 6.92 Å². The van der Waals surface area contributed by atoms with Crippen molar-refractivity contribution in [2.45, 2.75) is 85.0 Å². The Kier molecular flexibility index (Phi) is 7.72. The van der Waals surface area contributed by atoms with Crippen molar-refractivity contribution in [3.8, 4) is 5.75 Å². The van der Waals surface area contributed by atoms with E-state index in [2.05, 4.69) is 26.0 Å². The number of aldehydes is 1. The molecule has 2 atom stereocenters. The number of rotatable bonds is 7. The summed E-state index contributed by atoms with van der Waals surface area (Å²) < 4.78 is 5.95. The van der Waals surface area contributed by atoms with Gasteiger partial charge in [-0.25, -0.2) is 0 Å². The molecule has 1 saturated heterocycles. The minimum Gasteiger partial charge on any atom is -0.507 e. The number of benzene rings is 1. The Balaban J connectivity index is 2.02. The van der Waals surface area contributed by atoms with Gasteiger partial charge in [0.15, 0.2) is 6.29 Å². The number of carbonyl (C=O) groups excluding carboxylic acids is 1. The maximum atomic E-state index is 11.3. The van der Waals surface area contributed by atoms with E-state index in [9.17, 15) is 15.0 Å². The van der Waals surface area contributed by atoms with E-state index in [0.717, 1.165) is 24.0 Å². The summed E-state index contributed by atoms with van der Waals surface area (Å²) in [4.78, 5) is 11.3. The standard InChI is InChI=1S/C24H33ClO4/c1-14(8-7-9-15(2)20-12-21(27)24(5,6)29-20)10-11-18-16(3)22(25)17(4)19(13-26)23(18)28/h9-10,13,20-21,27-28H,7-8,11-12H2,1-6H3/b14-10+,15-9+. The molecule has 1 fully saturated rings. The highest BCUT2D eigenvalue weighted by Gasteiger charge is 2.40. The minimum atomic E-state index is -0.495. The molecule has 0 radical (unpaired) electrons. The number of phenols is 1. The number of aromatic hydroxyl groups is 1. The maximum Gasteiger partial charge on any atom is 0.154 e. The molecule has 0 amide bonds. The normalized spacial score (nSPS) is 22.2. The van der Waals surface area contributed by atoms with Gasteiger partial charge in [-0.3, -0.25) is 4.79 Å². The quantitative estimate of drug-likeness (QED) is 0.443. The van der Waals surface area contributed by atoms with E-state index in [4.69, 9.17) is 16.3 Å². The lowest BCUT2D eigenvalue weighted by Gasteiger charge is -2.22. The zero-order valence-corrected chi connectivity index (χ0v) is 19.1. The van der Waals surface area contributed by atoms with Gasteiger partial charge >= 0.3 is 0 Å². The summed E-state index contributed by atoms with van der Waals surface area (Å²) in [5, 5.41) is 21.1. The number of hydrogen-bond acceptors (Lipinski definition) is 4.